The lowest BCUT2D eigenvalue weighted by Gasteiger charge is -2.08. The fourth-order valence-electron chi connectivity index (χ4n) is 1.96. The summed E-state index contributed by atoms with van der Waals surface area (Å²) in [6.45, 7) is 4.26. The minimum Gasteiger partial charge on any atom is -0.378 e. The van der Waals surface area contributed by atoms with E-state index in [-0.39, 0.29) is 6.61 Å². The molecular weight excluding hydrogens is 280 g/mol. The van der Waals surface area contributed by atoms with Crippen molar-refractivity contribution < 1.29 is 19.3 Å². The smallest absolute Gasteiger partial charge is 0.373 e. The highest BCUT2D eigenvalue weighted by Gasteiger charge is 2.14. The number of rotatable bonds is 8. The van der Waals surface area contributed by atoms with Crippen molar-refractivity contribution in [3.63, 3.8) is 0 Å². The average molecular weight is 299 g/mol. The zero-order valence-corrected chi connectivity index (χ0v) is 12.5. The van der Waals surface area contributed by atoms with Crippen LogP contribution in [0, 0.1) is 6.61 Å². The molecular formula is C18H19O4. The van der Waals surface area contributed by atoms with E-state index >= 15 is 0 Å². The van der Waals surface area contributed by atoms with Gasteiger partial charge in [-0.2, -0.15) is 4.89 Å². The van der Waals surface area contributed by atoms with Gasteiger partial charge >= 0.3 is 5.97 Å². The monoisotopic (exact) mass is 299 g/mol. The molecule has 22 heavy (non-hydrogen) atoms. The zero-order valence-electron chi connectivity index (χ0n) is 12.5. The molecule has 0 heterocycles. The second-order valence-electron chi connectivity index (χ2n) is 4.62. The van der Waals surface area contributed by atoms with Gasteiger partial charge < -0.3 is 4.74 Å². The Hall–Kier alpha value is -2.17. The Bertz CT molecular complexity index is 581. The minimum absolute atomic E-state index is 0.279. The van der Waals surface area contributed by atoms with Crippen LogP contribution in [-0.4, -0.2) is 19.2 Å². The highest BCUT2D eigenvalue weighted by atomic mass is 17.2. The van der Waals surface area contributed by atoms with Crippen LogP contribution in [0.15, 0.2) is 54.6 Å². The largest absolute Gasteiger partial charge is 0.378 e. The van der Waals surface area contributed by atoms with Gasteiger partial charge in [-0.1, -0.05) is 55.5 Å². The van der Waals surface area contributed by atoms with Crippen LogP contribution in [0.4, 0.5) is 0 Å². The standard InChI is InChI=1S/C18H19O4/c1-2-12-20-13-14-21-22-18(19)17-11-7-6-10-16(17)15-8-4-3-5-9-15/h3-11,14H,2,12-13H2,1H3. The molecule has 0 fully saturated rings. The third-order valence-corrected chi connectivity index (χ3v) is 2.96. The van der Waals surface area contributed by atoms with Gasteiger partial charge in [-0.3, -0.25) is 4.89 Å². The Morgan fingerprint density at radius 3 is 2.55 bits per heavy atom. The molecule has 0 aliphatic rings. The molecule has 0 saturated heterocycles. The summed E-state index contributed by atoms with van der Waals surface area (Å²) < 4.78 is 5.19. The molecule has 0 N–H and O–H groups in total. The van der Waals surface area contributed by atoms with E-state index in [9.17, 15) is 4.79 Å². The molecule has 2 aromatic rings. The summed E-state index contributed by atoms with van der Waals surface area (Å²) in [4.78, 5) is 21.7. The molecule has 115 valence electrons. The lowest BCUT2D eigenvalue weighted by molar-refractivity contribution is -0.218. The maximum Gasteiger partial charge on any atom is 0.373 e. The van der Waals surface area contributed by atoms with Crippen molar-refractivity contribution in [2.45, 2.75) is 13.3 Å². The predicted octanol–water partition coefficient (Wildman–Crippen LogP) is 4.03. The Kier molecular flexibility index (Phi) is 6.61. The molecule has 0 bridgehead atoms. The van der Waals surface area contributed by atoms with Crippen LogP contribution in [0.3, 0.4) is 0 Å². The van der Waals surface area contributed by atoms with Crippen molar-refractivity contribution >= 4 is 5.97 Å². The van der Waals surface area contributed by atoms with Crippen molar-refractivity contribution in [3.05, 3.63) is 66.8 Å². The van der Waals surface area contributed by atoms with Crippen LogP contribution < -0.4 is 0 Å². The van der Waals surface area contributed by atoms with Crippen molar-refractivity contribution in [1.82, 2.24) is 0 Å². The Labute approximate surface area is 130 Å². The normalized spacial score (nSPS) is 10.4. The fourth-order valence-corrected chi connectivity index (χ4v) is 1.96. The molecule has 4 heteroatoms. The van der Waals surface area contributed by atoms with Gasteiger partial charge in [0.25, 0.3) is 0 Å². The average Bonchev–Trinajstić information content (AvgIpc) is 2.58. The van der Waals surface area contributed by atoms with Crippen molar-refractivity contribution in [2.24, 2.45) is 0 Å². The van der Waals surface area contributed by atoms with E-state index in [0.717, 1.165) is 17.5 Å². The van der Waals surface area contributed by atoms with E-state index in [1.165, 1.54) is 6.61 Å². The first-order valence-corrected chi connectivity index (χ1v) is 7.24. The topological polar surface area (TPSA) is 44.8 Å². The van der Waals surface area contributed by atoms with Crippen molar-refractivity contribution in [2.75, 3.05) is 13.2 Å². The first-order chi connectivity index (χ1) is 10.8. The van der Waals surface area contributed by atoms with Gasteiger partial charge in [0, 0.05) is 6.61 Å². The Morgan fingerprint density at radius 2 is 1.77 bits per heavy atom. The van der Waals surface area contributed by atoms with Gasteiger partial charge in [0.15, 0.2) is 6.61 Å². The molecule has 0 aliphatic carbocycles. The summed E-state index contributed by atoms with van der Waals surface area (Å²) in [5.41, 5.74) is 2.21. The van der Waals surface area contributed by atoms with Crippen LogP contribution in [0.2, 0.25) is 0 Å². The van der Waals surface area contributed by atoms with E-state index in [1.54, 1.807) is 12.1 Å². The van der Waals surface area contributed by atoms with Crippen molar-refractivity contribution in [1.29, 1.82) is 0 Å². The number of carbonyl (C=O) groups is 1. The summed E-state index contributed by atoms with van der Waals surface area (Å²) in [7, 11) is 0. The van der Waals surface area contributed by atoms with E-state index in [4.69, 9.17) is 14.5 Å². The predicted molar refractivity (Wildman–Crippen MR) is 83.8 cm³/mol. The summed E-state index contributed by atoms with van der Waals surface area (Å²) in [6, 6.07) is 16.9. The Morgan fingerprint density at radius 1 is 1.05 bits per heavy atom. The molecule has 0 unspecified atom stereocenters. The third-order valence-electron chi connectivity index (χ3n) is 2.96. The molecule has 0 aromatic heterocycles. The highest BCUT2D eigenvalue weighted by molar-refractivity contribution is 5.96. The van der Waals surface area contributed by atoms with Crippen LogP contribution in [0.5, 0.6) is 0 Å². The molecule has 2 aromatic carbocycles. The molecule has 0 atom stereocenters. The van der Waals surface area contributed by atoms with E-state index in [2.05, 4.69) is 0 Å². The molecule has 0 spiro atoms. The molecule has 2 rings (SSSR count). The van der Waals surface area contributed by atoms with Gasteiger partial charge in [0.1, 0.15) is 0 Å². The SMILES string of the molecule is CCCOC[CH]OOC(=O)c1ccccc1-c1ccccc1. The third kappa shape index (κ3) is 4.69. The second kappa shape index (κ2) is 8.97. The molecule has 1 radical (unpaired) electrons. The van der Waals surface area contributed by atoms with Gasteiger partial charge in [0.2, 0.25) is 0 Å². The van der Waals surface area contributed by atoms with Gasteiger partial charge in [-0.15, -0.1) is 0 Å². The maximum atomic E-state index is 12.1. The summed E-state index contributed by atoms with van der Waals surface area (Å²) >= 11 is 0. The summed E-state index contributed by atoms with van der Waals surface area (Å²) in [5, 5.41) is 0. The van der Waals surface area contributed by atoms with Gasteiger partial charge in [0.05, 0.1) is 12.2 Å². The van der Waals surface area contributed by atoms with E-state index in [0.29, 0.717) is 12.2 Å². The number of hydrogen-bond donors (Lipinski definition) is 0. The quantitative estimate of drug-likeness (QED) is 0.419. The fraction of sp³-hybridized carbons (Fsp3) is 0.222. The summed E-state index contributed by atoms with van der Waals surface area (Å²) in [5.74, 6) is -0.536. The van der Waals surface area contributed by atoms with Gasteiger partial charge in [-0.25, -0.2) is 4.79 Å². The lowest BCUT2D eigenvalue weighted by Crippen LogP contribution is -2.08. The lowest BCUT2D eigenvalue weighted by atomic mass is 10.00. The molecule has 4 nitrogen and oxygen atoms in total. The van der Waals surface area contributed by atoms with Crippen LogP contribution >= 0.6 is 0 Å². The molecule has 0 saturated carbocycles. The highest BCUT2D eigenvalue weighted by Crippen LogP contribution is 2.24. The van der Waals surface area contributed by atoms with E-state index < -0.39 is 5.97 Å². The second-order valence-corrected chi connectivity index (χ2v) is 4.62. The summed E-state index contributed by atoms with van der Waals surface area (Å²) in [6.07, 6.45) is 0.929. The van der Waals surface area contributed by atoms with Crippen LogP contribution in [0.25, 0.3) is 11.1 Å². The maximum absolute atomic E-state index is 12.1. The Balaban J connectivity index is 1.96. The minimum atomic E-state index is -0.536. The van der Waals surface area contributed by atoms with Gasteiger partial charge in [-0.05, 0) is 23.6 Å². The number of hydrogen-bond acceptors (Lipinski definition) is 4. The van der Waals surface area contributed by atoms with E-state index in [1.807, 2.05) is 49.4 Å². The number of benzene rings is 2. The molecule has 0 amide bonds. The molecule has 0 aliphatic heterocycles. The number of ether oxygens (including phenoxy) is 1. The number of carbonyl (C=O) groups excluding carboxylic acids is 1. The first kappa shape index (κ1) is 16.2. The first-order valence-electron chi connectivity index (χ1n) is 7.24. The van der Waals surface area contributed by atoms with Crippen LogP contribution in [-0.2, 0) is 14.5 Å². The zero-order chi connectivity index (χ0) is 15.6. The van der Waals surface area contributed by atoms with Crippen LogP contribution in [0.1, 0.15) is 23.7 Å². The van der Waals surface area contributed by atoms with Crippen molar-refractivity contribution in [3.8, 4) is 11.1 Å².